The van der Waals surface area contributed by atoms with Crippen molar-refractivity contribution in [2.24, 2.45) is 0 Å². The summed E-state index contributed by atoms with van der Waals surface area (Å²) < 4.78 is 25.4. The number of benzene rings is 2. The second-order valence-corrected chi connectivity index (χ2v) is 9.57. The minimum Gasteiger partial charge on any atom is -0.493 e. The standard InChI is InChI=1S/C20H31N3O7.C9H10O2/c1-20(2,3)30-19(26)22-11-16(24)23-14(12-27-4)18(25)21-10-13-8-7-9-15(28-5)17(13)29-6;1-8(10)11-7-9-5-3-2-4-6-9/h7-9,14H,10-12H2,1-6H3,(H,21,25)(H,22,26)(H,23,24);2-6H,7H2,1H3. The number of para-hydroxylation sites is 1. The molecule has 1 unspecified atom stereocenters. The molecule has 12 nitrogen and oxygen atoms in total. The quantitative estimate of drug-likeness (QED) is 0.325. The van der Waals surface area contributed by atoms with Gasteiger partial charge in [0, 0.05) is 26.1 Å². The molecule has 0 bridgehead atoms. The molecule has 0 saturated heterocycles. The first-order valence-corrected chi connectivity index (χ1v) is 12.8. The van der Waals surface area contributed by atoms with Crippen LogP contribution in [-0.4, -0.2) is 70.0 Å². The maximum absolute atomic E-state index is 12.5. The molecule has 2 rings (SSSR count). The minimum atomic E-state index is -0.945. The predicted octanol–water partition coefficient (Wildman–Crippen LogP) is 2.73. The molecule has 41 heavy (non-hydrogen) atoms. The third-order valence-electron chi connectivity index (χ3n) is 5.00. The van der Waals surface area contributed by atoms with Crippen LogP contribution in [0.25, 0.3) is 0 Å². The molecular formula is C29H41N3O9. The number of methoxy groups -OCH3 is 3. The fourth-order valence-electron chi connectivity index (χ4n) is 3.22. The third-order valence-corrected chi connectivity index (χ3v) is 5.00. The van der Waals surface area contributed by atoms with Crippen LogP contribution in [0.3, 0.4) is 0 Å². The van der Waals surface area contributed by atoms with Crippen LogP contribution in [-0.2, 0) is 41.7 Å². The van der Waals surface area contributed by atoms with E-state index in [2.05, 4.69) is 16.0 Å². The summed E-state index contributed by atoms with van der Waals surface area (Å²) in [6, 6.07) is 14.0. The number of hydrogen-bond acceptors (Lipinski definition) is 9. The second kappa shape index (κ2) is 18.1. The molecule has 0 aromatic heterocycles. The van der Waals surface area contributed by atoms with E-state index in [1.54, 1.807) is 39.0 Å². The summed E-state index contributed by atoms with van der Waals surface area (Å²) in [5.74, 6) is -0.202. The lowest BCUT2D eigenvalue weighted by Gasteiger charge is -2.21. The second-order valence-electron chi connectivity index (χ2n) is 9.57. The monoisotopic (exact) mass is 575 g/mol. The van der Waals surface area contributed by atoms with Crippen LogP contribution in [0.4, 0.5) is 4.79 Å². The molecule has 226 valence electrons. The Morgan fingerprint density at radius 2 is 1.56 bits per heavy atom. The smallest absolute Gasteiger partial charge is 0.408 e. The van der Waals surface area contributed by atoms with Gasteiger partial charge in [0.2, 0.25) is 11.8 Å². The zero-order valence-corrected chi connectivity index (χ0v) is 24.7. The van der Waals surface area contributed by atoms with Gasteiger partial charge in [0.05, 0.1) is 20.8 Å². The Kier molecular flexibility index (Phi) is 15.3. The summed E-state index contributed by atoms with van der Waals surface area (Å²) >= 11 is 0. The zero-order valence-electron chi connectivity index (χ0n) is 24.7. The van der Waals surface area contributed by atoms with Gasteiger partial charge in [-0.15, -0.1) is 0 Å². The number of nitrogens with one attached hydrogen (secondary N) is 3. The lowest BCUT2D eigenvalue weighted by molar-refractivity contribution is -0.142. The average Bonchev–Trinajstić information content (AvgIpc) is 2.93. The van der Waals surface area contributed by atoms with Crippen molar-refractivity contribution in [1.29, 1.82) is 0 Å². The van der Waals surface area contributed by atoms with E-state index in [4.69, 9.17) is 23.7 Å². The van der Waals surface area contributed by atoms with Gasteiger partial charge < -0.3 is 39.6 Å². The van der Waals surface area contributed by atoms with Crippen LogP contribution >= 0.6 is 0 Å². The van der Waals surface area contributed by atoms with Gasteiger partial charge in [0.1, 0.15) is 24.8 Å². The molecule has 0 saturated carbocycles. The molecule has 2 aromatic carbocycles. The molecule has 12 heteroatoms. The number of esters is 1. The Labute approximate surface area is 241 Å². The first kappa shape index (κ1) is 34.7. The highest BCUT2D eigenvalue weighted by Crippen LogP contribution is 2.30. The molecule has 0 heterocycles. The predicted molar refractivity (Wildman–Crippen MR) is 151 cm³/mol. The summed E-state index contributed by atoms with van der Waals surface area (Å²) in [5.41, 5.74) is 1.04. The first-order valence-electron chi connectivity index (χ1n) is 12.8. The number of carbonyl (C=O) groups is 4. The summed E-state index contributed by atoms with van der Waals surface area (Å²) in [4.78, 5) is 46.7. The number of rotatable bonds is 12. The first-order chi connectivity index (χ1) is 19.4. The summed E-state index contributed by atoms with van der Waals surface area (Å²) in [5, 5.41) is 7.59. The summed E-state index contributed by atoms with van der Waals surface area (Å²) in [6.07, 6.45) is -0.726. The molecule has 0 spiro atoms. The van der Waals surface area contributed by atoms with E-state index in [1.807, 2.05) is 30.3 Å². The van der Waals surface area contributed by atoms with Crippen molar-refractivity contribution in [3.8, 4) is 11.5 Å². The molecule has 0 aliphatic rings. The van der Waals surface area contributed by atoms with Gasteiger partial charge in [0.25, 0.3) is 0 Å². The Morgan fingerprint density at radius 1 is 0.878 bits per heavy atom. The normalized spacial score (nSPS) is 11.1. The Balaban J connectivity index is 0.000000634. The zero-order chi connectivity index (χ0) is 30.8. The van der Waals surface area contributed by atoms with Crippen LogP contribution in [0, 0.1) is 0 Å². The molecule has 0 fully saturated rings. The molecule has 0 radical (unpaired) electrons. The molecule has 0 aliphatic carbocycles. The van der Waals surface area contributed by atoms with Gasteiger partial charge in [-0.25, -0.2) is 4.79 Å². The molecule has 1 atom stereocenters. The van der Waals surface area contributed by atoms with Gasteiger partial charge in [-0.05, 0) is 32.4 Å². The van der Waals surface area contributed by atoms with Crippen LogP contribution in [0.2, 0.25) is 0 Å². The van der Waals surface area contributed by atoms with E-state index in [1.165, 1.54) is 28.3 Å². The Hall–Kier alpha value is -4.32. The van der Waals surface area contributed by atoms with Gasteiger partial charge in [-0.2, -0.15) is 0 Å². The largest absolute Gasteiger partial charge is 0.493 e. The summed E-state index contributed by atoms with van der Waals surface area (Å²) in [6.45, 7) is 6.69. The number of amides is 3. The van der Waals surface area contributed by atoms with Crippen LogP contribution in [0.5, 0.6) is 11.5 Å². The van der Waals surface area contributed by atoms with E-state index in [0.29, 0.717) is 23.7 Å². The number of carbonyl (C=O) groups excluding carboxylic acids is 4. The van der Waals surface area contributed by atoms with Crippen molar-refractivity contribution in [3.05, 3.63) is 59.7 Å². The van der Waals surface area contributed by atoms with E-state index >= 15 is 0 Å². The van der Waals surface area contributed by atoms with Crippen LogP contribution < -0.4 is 25.4 Å². The van der Waals surface area contributed by atoms with Crippen molar-refractivity contribution in [1.82, 2.24) is 16.0 Å². The Bertz CT molecular complexity index is 1120. The fourth-order valence-corrected chi connectivity index (χ4v) is 3.22. The molecular weight excluding hydrogens is 534 g/mol. The molecule has 2 aromatic rings. The van der Waals surface area contributed by atoms with Gasteiger partial charge in [-0.1, -0.05) is 42.5 Å². The molecule has 3 N–H and O–H groups in total. The maximum atomic E-state index is 12.5. The van der Waals surface area contributed by atoms with Crippen molar-refractivity contribution >= 4 is 23.9 Å². The third kappa shape index (κ3) is 14.6. The van der Waals surface area contributed by atoms with E-state index in [-0.39, 0.29) is 25.7 Å². The fraction of sp³-hybridized carbons (Fsp3) is 0.448. The maximum Gasteiger partial charge on any atom is 0.408 e. The lowest BCUT2D eigenvalue weighted by Crippen LogP contribution is -2.51. The van der Waals surface area contributed by atoms with Gasteiger partial charge in [-0.3, -0.25) is 14.4 Å². The van der Waals surface area contributed by atoms with Crippen molar-refractivity contribution in [2.45, 2.75) is 52.5 Å². The molecule has 3 amide bonds. The van der Waals surface area contributed by atoms with Crippen LogP contribution in [0.15, 0.2) is 48.5 Å². The van der Waals surface area contributed by atoms with Gasteiger partial charge in [0.15, 0.2) is 11.5 Å². The number of ether oxygens (including phenoxy) is 5. The van der Waals surface area contributed by atoms with E-state index < -0.39 is 29.6 Å². The highest BCUT2D eigenvalue weighted by molar-refractivity contribution is 5.89. The van der Waals surface area contributed by atoms with Gasteiger partial charge >= 0.3 is 12.1 Å². The SMILES string of the molecule is CC(=O)OCc1ccccc1.COCC(NC(=O)CNC(=O)OC(C)(C)C)C(=O)NCc1cccc(OC)c1OC. The number of alkyl carbamates (subject to hydrolysis) is 1. The molecule has 0 aliphatic heterocycles. The summed E-state index contributed by atoms with van der Waals surface area (Å²) in [7, 11) is 4.45. The topological polar surface area (TPSA) is 151 Å². The number of hydrogen-bond donors (Lipinski definition) is 3. The van der Waals surface area contributed by atoms with E-state index in [9.17, 15) is 19.2 Å². The van der Waals surface area contributed by atoms with E-state index in [0.717, 1.165) is 5.56 Å². The van der Waals surface area contributed by atoms with Crippen molar-refractivity contribution in [3.63, 3.8) is 0 Å². The lowest BCUT2D eigenvalue weighted by atomic mass is 10.1. The Morgan fingerprint density at radius 3 is 2.12 bits per heavy atom. The average molecular weight is 576 g/mol. The minimum absolute atomic E-state index is 0.0424. The van der Waals surface area contributed by atoms with Crippen molar-refractivity contribution in [2.75, 3.05) is 34.5 Å². The van der Waals surface area contributed by atoms with Crippen molar-refractivity contribution < 1.29 is 42.9 Å². The van der Waals surface area contributed by atoms with Crippen LogP contribution in [0.1, 0.15) is 38.8 Å². The highest BCUT2D eigenvalue weighted by atomic mass is 16.6. The highest BCUT2D eigenvalue weighted by Gasteiger charge is 2.22.